The van der Waals surface area contributed by atoms with Crippen molar-refractivity contribution >= 4 is 11.7 Å². The molecule has 4 rings (SSSR count). The van der Waals surface area contributed by atoms with Gasteiger partial charge in [0.05, 0.1) is 19.6 Å². The molecule has 2 saturated heterocycles. The number of morpholine rings is 1. The van der Waals surface area contributed by atoms with E-state index < -0.39 is 0 Å². The largest absolute Gasteiger partial charge is 0.378 e. The summed E-state index contributed by atoms with van der Waals surface area (Å²) in [6.07, 6.45) is 5.26. The van der Waals surface area contributed by atoms with Crippen LogP contribution in [0, 0.1) is 0 Å². The Kier molecular flexibility index (Phi) is 5.46. The molecule has 0 radical (unpaired) electrons. The van der Waals surface area contributed by atoms with Crippen molar-refractivity contribution in [2.75, 3.05) is 44.3 Å². The van der Waals surface area contributed by atoms with E-state index in [1.54, 1.807) is 0 Å². The van der Waals surface area contributed by atoms with Gasteiger partial charge in [-0.1, -0.05) is 13.0 Å². The van der Waals surface area contributed by atoms with Crippen LogP contribution in [0.4, 0.5) is 5.69 Å². The summed E-state index contributed by atoms with van der Waals surface area (Å²) in [5.41, 5.74) is 3.98. The second kappa shape index (κ2) is 7.97. The maximum atomic E-state index is 12.3. The predicted octanol–water partition coefficient (Wildman–Crippen LogP) is 3.45. The molecule has 1 unspecified atom stereocenters. The van der Waals surface area contributed by atoms with Crippen LogP contribution >= 0.6 is 0 Å². The van der Waals surface area contributed by atoms with Crippen molar-refractivity contribution < 1.29 is 14.4 Å². The van der Waals surface area contributed by atoms with Crippen LogP contribution in [0.3, 0.4) is 0 Å². The van der Waals surface area contributed by atoms with Crippen molar-refractivity contribution in [3.8, 4) is 0 Å². The second-order valence-corrected chi connectivity index (χ2v) is 7.94. The van der Waals surface area contributed by atoms with Gasteiger partial charge >= 0.3 is 5.97 Å². The molecule has 1 saturated carbocycles. The van der Waals surface area contributed by atoms with E-state index in [1.807, 2.05) is 5.06 Å². The zero-order valence-electron chi connectivity index (χ0n) is 15.8. The van der Waals surface area contributed by atoms with Gasteiger partial charge < -0.3 is 14.5 Å². The first-order valence-electron chi connectivity index (χ1n) is 10.1. The van der Waals surface area contributed by atoms with Crippen molar-refractivity contribution in [1.29, 1.82) is 0 Å². The van der Waals surface area contributed by atoms with Crippen LogP contribution in [0.5, 0.6) is 0 Å². The molecule has 5 nitrogen and oxygen atoms in total. The van der Waals surface area contributed by atoms with E-state index in [4.69, 9.17) is 9.57 Å². The van der Waals surface area contributed by atoms with Crippen LogP contribution in [0.25, 0.3) is 0 Å². The van der Waals surface area contributed by atoms with Crippen LogP contribution in [0.15, 0.2) is 18.2 Å². The number of ether oxygens (including phenoxy) is 1. The molecule has 26 heavy (non-hydrogen) atoms. The predicted molar refractivity (Wildman–Crippen MR) is 101 cm³/mol. The number of hydrogen-bond acceptors (Lipinski definition) is 5. The van der Waals surface area contributed by atoms with Gasteiger partial charge in [0.15, 0.2) is 0 Å². The van der Waals surface area contributed by atoms with Crippen molar-refractivity contribution in [2.24, 2.45) is 0 Å². The highest BCUT2D eigenvalue weighted by atomic mass is 16.7. The Bertz CT molecular complexity index is 632. The summed E-state index contributed by atoms with van der Waals surface area (Å²) >= 11 is 0. The van der Waals surface area contributed by atoms with E-state index in [0.29, 0.717) is 12.3 Å². The quantitative estimate of drug-likeness (QED) is 0.779. The normalized spacial score (nSPS) is 22.4. The minimum atomic E-state index is -0.107. The van der Waals surface area contributed by atoms with Crippen molar-refractivity contribution in [3.05, 3.63) is 29.3 Å². The highest BCUT2D eigenvalue weighted by Gasteiger charge is 2.26. The van der Waals surface area contributed by atoms with Crippen LogP contribution in [0.1, 0.15) is 62.0 Å². The molecule has 0 amide bonds. The Morgan fingerprint density at radius 2 is 1.88 bits per heavy atom. The van der Waals surface area contributed by atoms with Gasteiger partial charge in [-0.05, 0) is 60.8 Å². The summed E-state index contributed by atoms with van der Waals surface area (Å²) in [6.45, 7) is 7.36. The zero-order valence-corrected chi connectivity index (χ0v) is 15.8. The lowest BCUT2D eigenvalue weighted by Crippen LogP contribution is -2.36. The lowest BCUT2D eigenvalue weighted by molar-refractivity contribution is -0.185. The first kappa shape index (κ1) is 17.8. The molecule has 0 spiro atoms. The molecule has 1 aromatic carbocycles. The van der Waals surface area contributed by atoms with Crippen molar-refractivity contribution in [2.45, 2.75) is 50.9 Å². The van der Waals surface area contributed by atoms with E-state index in [9.17, 15) is 4.79 Å². The standard InChI is InChI=1S/C21H30N2O3/c1-16(12-21(24)26-23-6-2-3-7-23)18-13-19(17-4-5-17)15-20(14-18)22-8-10-25-11-9-22/h13-17H,2-12H2,1H3. The van der Waals surface area contributed by atoms with E-state index in [0.717, 1.165) is 52.2 Å². The average Bonchev–Trinajstić information content (AvgIpc) is 3.40. The molecule has 142 valence electrons. The van der Waals surface area contributed by atoms with Gasteiger partial charge in [-0.3, -0.25) is 4.79 Å². The summed E-state index contributed by atoms with van der Waals surface area (Å²) in [5, 5.41) is 1.81. The number of carbonyl (C=O) groups excluding carboxylic acids is 1. The van der Waals surface area contributed by atoms with E-state index in [1.165, 1.54) is 29.7 Å². The molecule has 1 aromatic rings. The lowest BCUT2D eigenvalue weighted by atomic mass is 9.94. The highest BCUT2D eigenvalue weighted by Crippen LogP contribution is 2.42. The Hall–Kier alpha value is -1.59. The first-order valence-corrected chi connectivity index (χ1v) is 10.1. The molecule has 0 N–H and O–H groups in total. The third-order valence-electron chi connectivity index (χ3n) is 5.73. The molecule has 1 atom stereocenters. The summed E-state index contributed by atoms with van der Waals surface area (Å²) in [4.78, 5) is 20.2. The zero-order chi connectivity index (χ0) is 17.9. The molecule has 3 aliphatic rings. The molecule has 0 bridgehead atoms. The van der Waals surface area contributed by atoms with Gasteiger partial charge in [-0.25, -0.2) is 0 Å². The fourth-order valence-electron chi connectivity index (χ4n) is 3.93. The van der Waals surface area contributed by atoms with E-state index >= 15 is 0 Å². The topological polar surface area (TPSA) is 42.0 Å². The molecular formula is C21H30N2O3. The number of hydrogen-bond donors (Lipinski definition) is 0. The minimum absolute atomic E-state index is 0.107. The summed E-state index contributed by atoms with van der Waals surface area (Å²) in [6, 6.07) is 6.93. The first-order chi connectivity index (χ1) is 12.7. The van der Waals surface area contributed by atoms with Gasteiger partial charge in [-0.2, -0.15) is 0 Å². The van der Waals surface area contributed by atoms with Crippen LogP contribution in [-0.2, 0) is 14.4 Å². The van der Waals surface area contributed by atoms with Gasteiger partial charge in [-0.15, -0.1) is 5.06 Å². The molecule has 1 aliphatic carbocycles. The number of benzene rings is 1. The molecule has 0 aromatic heterocycles. The third-order valence-corrected chi connectivity index (χ3v) is 5.73. The summed E-state index contributed by atoms with van der Waals surface area (Å²) < 4.78 is 5.50. The number of anilines is 1. The minimum Gasteiger partial charge on any atom is -0.378 e. The van der Waals surface area contributed by atoms with Crippen LogP contribution in [-0.4, -0.2) is 50.4 Å². The van der Waals surface area contributed by atoms with Gasteiger partial charge in [0.2, 0.25) is 0 Å². The maximum Gasteiger partial charge on any atom is 0.325 e. The summed E-state index contributed by atoms with van der Waals surface area (Å²) in [5.74, 6) is 0.770. The third kappa shape index (κ3) is 4.38. The molecular weight excluding hydrogens is 328 g/mol. The molecule has 5 heteroatoms. The lowest BCUT2D eigenvalue weighted by Gasteiger charge is -2.30. The van der Waals surface area contributed by atoms with E-state index in [2.05, 4.69) is 30.0 Å². The van der Waals surface area contributed by atoms with Crippen molar-refractivity contribution in [3.63, 3.8) is 0 Å². The van der Waals surface area contributed by atoms with E-state index in [-0.39, 0.29) is 11.9 Å². The Balaban J connectivity index is 1.46. The fourth-order valence-corrected chi connectivity index (χ4v) is 3.93. The average molecular weight is 358 g/mol. The summed E-state index contributed by atoms with van der Waals surface area (Å²) in [7, 11) is 0. The smallest absolute Gasteiger partial charge is 0.325 e. The molecule has 2 aliphatic heterocycles. The van der Waals surface area contributed by atoms with Gasteiger partial charge in [0.25, 0.3) is 0 Å². The molecule has 3 fully saturated rings. The number of rotatable bonds is 6. The Morgan fingerprint density at radius 3 is 2.58 bits per heavy atom. The van der Waals surface area contributed by atoms with Gasteiger partial charge in [0, 0.05) is 31.9 Å². The second-order valence-electron chi connectivity index (χ2n) is 7.94. The maximum absolute atomic E-state index is 12.3. The Morgan fingerprint density at radius 1 is 1.15 bits per heavy atom. The number of carbonyl (C=O) groups is 1. The van der Waals surface area contributed by atoms with Crippen LogP contribution in [0.2, 0.25) is 0 Å². The SMILES string of the molecule is CC(CC(=O)ON1CCCC1)c1cc(C2CC2)cc(N2CCOCC2)c1. The monoisotopic (exact) mass is 358 g/mol. The highest BCUT2D eigenvalue weighted by molar-refractivity contribution is 5.70. The number of hydroxylamine groups is 2. The fraction of sp³-hybridized carbons (Fsp3) is 0.667. The molecule has 2 heterocycles. The number of nitrogens with zero attached hydrogens (tertiary/aromatic N) is 2. The van der Waals surface area contributed by atoms with Crippen molar-refractivity contribution in [1.82, 2.24) is 5.06 Å². The van der Waals surface area contributed by atoms with Gasteiger partial charge in [0.1, 0.15) is 0 Å². The van der Waals surface area contributed by atoms with Crippen LogP contribution < -0.4 is 4.90 Å². The Labute approximate surface area is 156 Å².